The molecule has 4 saturated heterocycles. The summed E-state index contributed by atoms with van der Waals surface area (Å²) in [4.78, 5) is 52.3. The van der Waals surface area contributed by atoms with E-state index in [2.05, 4.69) is 35.7 Å². The largest absolute Gasteiger partial charge is 0.458 e. The highest BCUT2D eigenvalue weighted by Crippen LogP contribution is 2.59. The van der Waals surface area contributed by atoms with Gasteiger partial charge >= 0.3 is 5.97 Å². The van der Waals surface area contributed by atoms with E-state index in [1.54, 1.807) is 12.1 Å². The van der Waals surface area contributed by atoms with Gasteiger partial charge in [-0.15, -0.1) is 0 Å². The standard InChI is InChI=1S/C45H49N3O9/c1-47(33(41(50)46-19-20-49)21-27-9-3-2-4-10-27)43(52)45-25-36-37-38(56-44(55-37)23-30-12-6-7-13-31(30)24-44)40(45)57-48(39(45)42(51)54-36)26-32-14-8-5-11-29(32)17-15-28-16-18-34-35(22-28)53-34/h2-15,17,28,33-40,49H,16,18-26H2,1H3,(H,46,50). The maximum Gasteiger partial charge on any atom is 0.327 e. The molecule has 7 aliphatic rings. The van der Waals surface area contributed by atoms with Crippen LogP contribution in [-0.4, -0.2) is 108 Å². The molecule has 57 heavy (non-hydrogen) atoms. The van der Waals surface area contributed by atoms with Gasteiger partial charge < -0.3 is 34.3 Å². The van der Waals surface area contributed by atoms with Crippen LogP contribution in [-0.2, 0) is 64.0 Å². The van der Waals surface area contributed by atoms with Crippen molar-refractivity contribution in [3.63, 3.8) is 0 Å². The van der Waals surface area contributed by atoms with Crippen LogP contribution in [0.2, 0.25) is 0 Å². The van der Waals surface area contributed by atoms with Crippen LogP contribution in [0.5, 0.6) is 0 Å². The highest BCUT2D eigenvalue weighted by atomic mass is 16.8. The van der Waals surface area contributed by atoms with Crippen LogP contribution in [0.3, 0.4) is 0 Å². The number of ether oxygens (including phenoxy) is 4. The van der Waals surface area contributed by atoms with Gasteiger partial charge in [-0.3, -0.25) is 19.2 Å². The van der Waals surface area contributed by atoms with Gasteiger partial charge in [-0.25, -0.2) is 0 Å². The number of carbonyl (C=O) groups excluding carboxylic acids is 3. The van der Waals surface area contributed by atoms with Gasteiger partial charge in [-0.1, -0.05) is 91.0 Å². The summed E-state index contributed by atoms with van der Waals surface area (Å²) in [6.45, 7) is -0.000741. The highest BCUT2D eigenvalue weighted by Gasteiger charge is 2.77. The Morgan fingerprint density at radius 2 is 1.68 bits per heavy atom. The predicted octanol–water partition coefficient (Wildman–Crippen LogP) is 3.52. The molecule has 1 spiro atoms. The summed E-state index contributed by atoms with van der Waals surface area (Å²) in [6.07, 6.45) is 6.75. The number of hydroxylamine groups is 2. The van der Waals surface area contributed by atoms with Crippen LogP contribution in [0.1, 0.15) is 53.5 Å². The minimum Gasteiger partial charge on any atom is -0.458 e. The Labute approximate surface area is 332 Å². The van der Waals surface area contributed by atoms with Crippen molar-refractivity contribution >= 4 is 23.9 Å². The molecule has 3 aliphatic carbocycles. The van der Waals surface area contributed by atoms with Crippen molar-refractivity contribution in [1.29, 1.82) is 0 Å². The van der Waals surface area contributed by atoms with Gasteiger partial charge in [0, 0.05) is 39.3 Å². The number of hydrogen-bond donors (Lipinski definition) is 2. The van der Waals surface area contributed by atoms with Gasteiger partial charge in [0.05, 0.1) is 25.4 Å². The van der Waals surface area contributed by atoms with Gasteiger partial charge in [-0.2, -0.15) is 5.06 Å². The molecule has 12 heteroatoms. The molecule has 3 aromatic carbocycles. The van der Waals surface area contributed by atoms with Gasteiger partial charge in [0.25, 0.3) is 0 Å². The fraction of sp³-hybridized carbons (Fsp3) is 0.489. The smallest absolute Gasteiger partial charge is 0.327 e. The fourth-order valence-corrected chi connectivity index (χ4v) is 10.6. The molecule has 10 rings (SSSR count). The number of esters is 1. The second kappa shape index (κ2) is 14.4. The van der Waals surface area contributed by atoms with Crippen molar-refractivity contribution in [2.45, 2.75) is 106 Å². The Bertz CT molecular complexity index is 2050. The van der Waals surface area contributed by atoms with Crippen LogP contribution in [0.4, 0.5) is 0 Å². The molecular weight excluding hydrogens is 727 g/mol. The van der Waals surface area contributed by atoms with E-state index >= 15 is 4.79 Å². The number of likely N-dealkylation sites (N-methyl/N-ethyl adjacent to an activating group) is 1. The number of benzene rings is 3. The molecule has 2 amide bonds. The first-order chi connectivity index (χ1) is 27.7. The molecule has 2 N–H and O–H groups in total. The second-order valence-electron chi connectivity index (χ2n) is 16.9. The third-order valence-corrected chi connectivity index (χ3v) is 13.4. The first-order valence-corrected chi connectivity index (χ1v) is 20.4. The molecule has 3 aromatic rings. The molecule has 6 fully saturated rings. The van der Waals surface area contributed by atoms with Gasteiger partial charge in [0.1, 0.15) is 35.9 Å². The van der Waals surface area contributed by atoms with Crippen LogP contribution in [0.15, 0.2) is 84.9 Å². The quantitative estimate of drug-likeness (QED) is 0.220. The Kier molecular flexibility index (Phi) is 9.34. The number of hydrogen-bond acceptors (Lipinski definition) is 10. The molecule has 298 valence electrons. The monoisotopic (exact) mass is 775 g/mol. The van der Waals surface area contributed by atoms with E-state index in [4.69, 9.17) is 23.8 Å². The summed E-state index contributed by atoms with van der Waals surface area (Å²) in [6, 6.07) is 23.6. The first-order valence-electron chi connectivity index (χ1n) is 20.4. The zero-order valence-corrected chi connectivity index (χ0v) is 32.0. The molecule has 4 aliphatic heterocycles. The van der Waals surface area contributed by atoms with Crippen molar-refractivity contribution in [2.75, 3.05) is 20.2 Å². The Hall–Kier alpha value is -4.43. The van der Waals surface area contributed by atoms with Crippen molar-refractivity contribution in [2.24, 2.45) is 11.3 Å². The summed E-state index contributed by atoms with van der Waals surface area (Å²) in [5.41, 5.74) is 3.60. The van der Waals surface area contributed by atoms with E-state index < -0.39 is 65.5 Å². The van der Waals surface area contributed by atoms with Crippen molar-refractivity contribution in [1.82, 2.24) is 15.3 Å². The lowest BCUT2D eigenvalue weighted by atomic mass is 9.62. The van der Waals surface area contributed by atoms with E-state index in [9.17, 15) is 14.7 Å². The third kappa shape index (κ3) is 6.41. The molecule has 12 nitrogen and oxygen atoms in total. The van der Waals surface area contributed by atoms with Crippen LogP contribution < -0.4 is 5.32 Å². The lowest BCUT2D eigenvalue weighted by Gasteiger charge is -2.50. The van der Waals surface area contributed by atoms with Gasteiger partial charge in [-0.05, 0) is 53.0 Å². The van der Waals surface area contributed by atoms with Crippen molar-refractivity contribution in [3.8, 4) is 0 Å². The Morgan fingerprint density at radius 1 is 0.947 bits per heavy atom. The van der Waals surface area contributed by atoms with E-state index in [1.807, 2.05) is 60.7 Å². The van der Waals surface area contributed by atoms with Gasteiger partial charge in [0.15, 0.2) is 11.8 Å². The molecule has 4 heterocycles. The topological polar surface area (TPSA) is 139 Å². The molecule has 10 unspecified atom stereocenters. The fourth-order valence-electron chi connectivity index (χ4n) is 10.6. The van der Waals surface area contributed by atoms with Crippen molar-refractivity contribution < 1.29 is 43.3 Å². The highest BCUT2D eigenvalue weighted by molar-refractivity contribution is 5.96. The molecular formula is C45H49N3O9. The van der Waals surface area contributed by atoms with Crippen molar-refractivity contribution in [3.05, 3.63) is 113 Å². The number of allylic oxidation sites excluding steroid dienone is 1. The predicted molar refractivity (Wildman–Crippen MR) is 206 cm³/mol. The SMILES string of the molecule is CN(C(=O)C12CC3OC(=O)C1N(Cc1ccccc1C=CC1CCC4OC4C1)OC2C1OC2(Cc4ccccc4C2)OC31)C(Cc1ccccc1)C(=O)NCCO. The van der Waals surface area contributed by atoms with E-state index in [0.717, 1.165) is 47.1 Å². The van der Waals surface area contributed by atoms with E-state index in [1.165, 1.54) is 4.90 Å². The summed E-state index contributed by atoms with van der Waals surface area (Å²) in [7, 11) is 1.62. The lowest BCUT2D eigenvalue weighted by Crippen LogP contribution is -2.70. The summed E-state index contributed by atoms with van der Waals surface area (Å²) in [5.74, 6) is -1.93. The average Bonchev–Trinajstić information content (AvgIpc) is 3.57. The number of aliphatic hydroxyl groups excluding tert-OH is 1. The Morgan fingerprint density at radius 3 is 2.46 bits per heavy atom. The number of fused-ring (bicyclic) bond motifs is 6. The zero-order chi connectivity index (χ0) is 38.9. The normalized spacial score (nSPS) is 33.3. The van der Waals surface area contributed by atoms with Crippen LogP contribution >= 0.6 is 0 Å². The lowest BCUT2D eigenvalue weighted by molar-refractivity contribution is -0.218. The molecule has 2 saturated carbocycles. The zero-order valence-electron chi connectivity index (χ0n) is 32.0. The average molecular weight is 776 g/mol. The maximum absolute atomic E-state index is 15.6. The summed E-state index contributed by atoms with van der Waals surface area (Å²) in [5, 5.41) is 14.0. The summed E-state index contributed by atoms with van der Waals surface area (Å²) >= 11 is 0. The van der Waals surface area contributed by atoms with E-state index in [0.29, 0.717) is 31.0 Å². The number of amides is 2. The minimum absolute atomic E-state index is 0.0384. The van der Waals surface area contributed by atoms with Crippen LogP contribution in [0, 0.1) is 11.3 Å². The van der Waals surface area contributed by atoms with Gasteiger partial charge in [0.2, 0.25) is 11.8 Å². The number of epoxide rings is 1. The minimum atomic E-state index is -1.46. The second-order valence-corrected chi connectivity index (χ2v) is 16.9. The number of aliphatic hydroxyl groups is 1. The number of nitrogens with one attached hydrogen (secondary N) is 1. The van der Waals surface area contributed by atoms with E-state index in [-0.39, 0.29) is 32.5 Å². The number of rotatable bonds is 11. The first kappa shape index (κ1) is 36.9. The number of carbonyl (C=O) groups is 3. The molecule has 2 bridgehead atoms. The Balaban J connectivity index is 1.01. The third-order valence-electron chi connectivity index (χ3n) is 13.4. The molecule has 0 aromatic heterocycles. The summed E-state index contributed by atoms with van der Waals surface area (Å²) < 4.78 is 25.8. The maximum atomic E-state index is 15.6. The molecule has 0 radical (unpaired) electrons. The molecule has 10 atom stereocenters. The van der Waals surface area contributed by atoms with Crippen LogP contribution in [0.25, 0.3) is 6.08 Å². The number of nitrogens with zero attached hydrogens (tertiary/aromatic N) is 2.